The van der Waals surface area contributed by atoms with Gasteiger partial charge in [-0.2, -0.15) is 0 Å². The molecular weight excluding hydrogens is 184 g/mol. The van der Waals surface area contributed by atoms with E-state index >= 15 is 0 Å². The van der Waals surface area contributed by atoms with Crippen molar-refractivity contribution < 1.29 is 4.74 Å². The van der Waals surface area contributed by atoms with Crippen molar-refractivity contribution in [3.8, 4) is 0 Å². The second kappa shape index (κ2) is 8.49. The molecule has 1 aromatic carbocycles. The predicted octanol–water partition coefficient (Wildman–Crippen LogP) is 3.99. The van der Waals surface area contributed by atoms with E-state index in [2.05, 4.69) is 31.2 Å². The van der Waals surface area contributed by atoms with Crippen molar-refractivity contribution in [2.45, 2.75) is 39.0 Å². The molecule has 0 aliphatic carbocycles. The molecule has 1 radical (unpaired) electrons. The van der Waals surface area contributed by atoms with Gasteiger partial charge in [-0.25, -0.2) is 0 Å². The standard InChI is InChI=1S/C14H21O/c1-2-3-4-8-12-15-13-11-14-9-6-5-7-10-14/h5-7,9-10,13H,2-4,8,11-12H2,1H3. The van der Waals surface area contributed by atoms with Gasteiger partial charge in [-0.15, -0.1) is 0 Å². The van der Waals surface area contributed by atoms with E-state index in [1.807, 2.05) is 12.7 Å². The van der Waals surface area contributed by atoms with Gasteiger partial charge in [0.25, 0.3) is 0 Å². The summed E-state index contributed by atoms with van der Waals surface area (Å²) >= 11 is 0. The van der Waals surface area contributed by atoms with Gasteiger partial charge in [0.2, 0.25) is 0 Å². The lowest BCUT2D eigenvalue weighted by atomic mass is 10.2. The van der Waals surface area contributed by atoms with Gasteiger partial charge in [0.15, 0.2) is 0 Å². The summed E-state index contributed by atoms with van der Waals surface area (Å²) in [7, 11) is 0. The smallest absolute Gasteiger partial charge is 0.0880 e. The van der Waals surface area contributed by atoms with Crippen LogP contribution in [0.3, 0.4) is 0 Å². The van der Waals surface area contributed by atoms with Gasteiger partial charge in [0, 0.05) is 13.0 Å². The summed E-state index contributed by atoms with van der Waals surface area (Å²) < 4.78 is 5.46. The minimum atomic E-state index is 0.868. The zero-order valence-electron chi connectivity index (χ0n) is 9.61. The maximum absolute atomic E-state index is 5.46. The maximum Gasteiger partial charge on any atom is 0.0880 e. The number of benzene rings is 1. The number of hydrogen-bond donors (Lipinski definition) is 0. The molecule has 0 atom stereocenters. The van der Waals surface area contributed by atoms with Crippen LogP contribution in [0.5, 0.6) is 0 Å². The van der Waals surface area contributed by atoms with Crippen LogP contribution in [0.15, 0.2) is 30.3 Å². The minimum Gasteiger partial charge on any atom is -0.375 e. The molecule has 0 unspecified atom stereocenters. The Hall–Kier alpha value is -0.820. The molecule has 0 heterocycles. The van der Waals surface area contributed by atoms with Crippen LogP contribution in [0, 0.1) is 6.61 Å². The molecule has 0 spiro atoms. The first kappa shape index (κ1) is 12.3. The van der Waals surface area contributed by atoms with Gasteiger partial charge < -0.3 is 4.74 Å². The average molecular weight is 205 g/mol. The fourth-order valence-corrected chi connectivity index (χ4v) is 1.46. The molecule has 1 rings (SSSR count). The van der Waals surface area contributed by atoms with Crippen molar-refractivity contribution in [2.24, 2.45) is 0 Å². The van der Waals surface area contributed by atoms with E-state index in [0.717, 1.165) is 13.0 Å². The van der Waals surface area contributed by atoms with Gasteiger partial charge in [0.1, 0.15) is 0 Å². The SMILES string of the molecule is CCCCCCO[CH]Cc1ccccc1. The zero-order valence-corrected chi connectivity index (χ0v) is 9.61. The van der Waals surface area contributed by atoms with E-state index in [0.29, 0.717) is 0 Å². The van der Waals surface area contributed by atoms with Crippen LogP contribution in [0.1, 0.15) is 38.2 Å². The highest BCUT2D eigenvalue weighted by Crippen LogP contribution is 2.04. The summed E-state index contributed by atoms with van der Waals surface area (Å²) in [6.07, 6.45) is 5.99. The topological polar surface area (TPSA) is 9.23 Å². The summed E-state index contributed by atoms with van der Waals surface area (Å²) in [4.78, 5) is 0. The molecule has 0 aromatic heterocycles. The first-order valence-electron chi connectivity index (χ1n) is 5.90. The normalized spacial score (nSPS) is 10.5. The fraction of sp³-hybridized carbons (Fsp3) is 0.500. The number of ether oxygens (including phenoxy) is 1. The number of rotatable bonds is 8. The molecule has 0 saturated carbocycles. The van der Waals surface area contributed by atoms with E-state index in [4.69, 9.17) is 4.74 Å². The predicted molar refractivity (Wildman–Crippen MR) is 64.5 cm³/mol. The maximum atomic E-state index is 5.46. The van der Waals surface area contributed by atoms with E-state index in [1.54, 1.807) is 0 Å². The van der Waals surface area contributed by atoms with Crippen molar-refractivity contribution in [3.05, 3.63) is 42.5 Å². The van der Waals surface area contributed by atoms with Crippen LogP contribution in [-0.2, 0) is 11.2 Å². The summed E-state index contributed by atoms with van der Waals surface area (Å²) in [5.41, 5.74) is 1.31. The fourth-order valence-electron chi connectivity index (χ4n) is 1.46. The van der Waals surface area contributed by atoms with E-state index in [1.165, 1.54) is 31.2 Å². The largest absolute Gasteiger partial charge is 0.375 e. The first-order chi connectivity index (χ1) is 7.43. The quantitative estimate of drug-likeness (QED) is 0.583. The molecule has 0 bridgehead atoms. The number of unbranched alkanes of at least 4 members (excludes halogenated alkanes) is 3. The zero-order chi connectivity index (χ0) is 10.8. The van der Waals surface area contributed by atoms with Crippen molar-refractivity contribution in [3.63, 3.8) is 0 Å². The molecular formula is C14H21O. The van der Waals surface area contributed by atoms with E-state index < -0.39 is 0 Å². The van der Waals surface area contributed by atoms with Gasteiger partial charge in [-0.05, 0) is 12.0 Å². The average Bonchev–Trinajstić information content (AvgIpc) is 2.29. The van der Waals surface area contributed by atoms with Crippen LogP contribution >= 0.6 is 0 Å². The van der Waals surface area contributed by atoms with Crippen molar-refractivity contribution in [2.75, 3.05) is 6.61 Å². The summed E-state index contributed by atoms with van der Waals surface area (Å²) in [6, 6.07) is 10.4. The second-order valence-electron chi connectivity index (χ2n) is 3.79. The molecule has 0 fully saturated rings. The third-order valence-corrected chi connectivity index (χ3v) is 2.40. The highest BCUT2D eigenvalue weighted by atomic mass is 16.5. The van der Waals surface area contributed by atoms with E-state index in [9.17, 15) is 0 Å². The van der Waals surface area contributed by atoms with Crippen molar-refractivity contribution >= 4 is 0 Å². The Kier molecular flexibility index (Phi) is 6.93. The lowest BCUT2D eigenvalue weighted by Gasteiger charge is -2.03. The summed E-state index contributed by atoms with van der Waals surface area (Å²) in [5.74, 6) is 0. The van der Waals surface area contributed by atoms with Gasteiger partial charge in [-0.1, -0.05) is 56.5 Å². The molecule has 83 valence electrons. The molecule has 0 saturated heterocycles. The first-order valence-corrected chi connectivity index (χ1v) is 5.90. The Bertz CT molecular complexity index is 230. The molecule has 1 heteroatoms. The molecule has 15 heavy (non-hydrogen) atoms. The van der Waals surface area contributed by atoms with Crippen LogP contribution in [-0.4, -0.2) is 6.61 Å². The third-order valence-electron chi connectivity index (χ3n) is 2.40. The Morgan fingerprint density at radius 2 is 1.87 bits per heavy atom. The second-order valence-corrected chi connectivity index (χ2v) is 3.79. The van der Waals surface area contributed by atoms with E-state index in [-0.39, 0.29) is 0 Å². The molecule has 0 aliphatic heterocycles. The van der Waals surface area contributed by atoms with Crippen molar-refractivity contribution in [1.82, 2.24) is 0 Å². The molecule has 1 aromatic rings. The molecule has 1 nitrogen and oxygen atoms in total. The van der Waals surface area contributed by atoms with Gasteiger partial charge >= 0.3 is 0 Å². The Morgan fingerprint density at radius 3 is 2.60 bits per heavy atom. The summed E-state index contributed by atoms with van der Waals surface area (Å²) in [6.45, 7) is 5.01. The Morgan fingerprint density at radius 1 is 1.07 bits per heavy atom. The van der Waals surface area contributed by atoms with Gasteiger partial charge in [0.05, 0.1) is 6.61 Å². The van der Waals surface area contributed by atoms with Crippen LogP contribution in [0.2, 0.25) is 0 Å². The van der Waals surface area contributed by atoms with Crippen molar-refractivity contribution in [1.29, 1.82) is 0 Å². The highest BCUT2D eigenvalue weighted by molar-refractivity contribution is 5.15. The third kappa shape index (κ3) is 6.29. The Balaban J connectivity index is 1.93. The summed E-state index contributed by atoms with van der Waals surface area (Å²) in [5, 5.41) is 0. The number of hydrogen-bond acceptors (Lipinski definition) is 1. The van der Waals surface area contributed by atoms with Crippen LogP contribution in [0.4, 0.5) is 0 Å². The molecule has 0 amide bonds. The highest BCUT2D eigenvalue weighted by Gasteiger charge is 1.93. The molecule has 0 aliphatic rings. The monoisotopic (exact) mass is 205 g/mol. The molecule has 0 N–H and O–H groups in total. The van der Waals surface area contributed by atoms with Crippen LogP contribution < -0.4 is 0 Å². The lowest BCUT2D eigenvalue weighted by Crippen LogP contribution is -1.94. The van der Waals surface area contributed by atoms with Gasteiger partial charge in [-0.3, -0.25) is 0 Å². The van der Waals surface area contributed by atoms with Crippen LogP contribution in [0.25, 0.3) is 0 Å². The Labute approximate surface area is 93.5 Å². The minimum absolute atomic E-state index is 0.868. The lowest BCUT2D eigenvalue weighted by molar-refractivity contribution is 0.190.